The summed E-state index contributed by atoms with van der Waals surface area (Å²) in [4.78, 5) is 23.4. The highest BCUT2D eigenvalue weighted by molar-refractivity contribution is 7.93. The molecule has 36 heavy (non-hydrogen) atoms. The maximum atomic E-state index is 13.1. The molecule has 3 heterocycles. The number of carbonyl (C=O) groups is 1. The first kappa shape index (κ1) is 23.9. The van der Waals surface area contributed by atoms with E-state index in [2.05, 4.69) is 14.7 Å². The lowest BCUT2D eigenvalue weighted by atomic mass is 9.85. The fourth-order valence-corrected chi connectivity index (χ4v) is 5.90. The molecule has 0 bridgehead atoms. The lowest BCUT2D eigenvalue weighted by molar-refractivity contribution is -0.0248. The lowest BCUT2D eigenvalue weighted by Gasteiger charge is -2.38. The average molecular weight is 503 g/mol. The fourth-order valence-electron chi connectivity index (χ4n) is 4.66. The Kier molecular flexibility index (Phi) is 6.19. The number of nitrogens with zero attached hydrogens (tertiary/aromatic N) is 3. The Morgan fingerprint density at radius 2 is 1.61 bits per heavy atom. The van der Waals surface area contributed by atoms with Crippen LogP contribution in [0.2, 0.25) is 0 Å². The number of amides is 1. The molecule has 2 aromatic heterocycles. The normalized spacial score (nSPS) is 15.6. The number of hydrogen-bond acceptors (Lipinski definition) is 6. The van der Waals surface area contributed by atoms with Crippen LogP contribution in [0.1, 0.15) is 34.5 Å². The maximum absolute atomic E-state index is 13.1. The first-order valence-electron chi connectivity index (χ1n) is 11.7. The highest BCUT2D eigenvalue weighted by Crippen LogP contribution is 2.33. The number of sulfonamides is 1. The van der Waals surface area contributed by atoms with Crippen LogP contribution >= 0.6 is 0 Å². The second kappa shape index (κ2) is 9.33. The molecule has 8 nitrogen and oxygen atoms in total. The number of piperidine rings is 1. The van der Waals surface area contributed by atoms with Crippen molar-refractivity contribution in [3.05, 3.63) is 95.9 Å². The predicted molar refractivity (Wildman–Crippen MR) is 137 cm³/mol. The van der Waals surface area contributed by atoms with Crippen LogP contribution in [0.3, 0.4) is 0 Å². The van der Waals surface area contributed by atoms with Crippen LogP contribution < -0.4 is 4.72 Å². The van der Waals surface area contributed by atoms with E-state index in [1.165, 1.54) is 6.07 Å². The van der Waals surface area contributed by atoms with Gasteiger partial charge in [0.1, 0.15) is 10.5 Å². The Labute approximate surface area is 209 Å². The Hall–Kier alpha value is -3.82. The zero-order valence-electron chi connectivity index (χ0n) is 19.8. The Bertz CT molecular complexity index is 1520. The molecular weight excluding hydrogens is 476 g/mol. The molecule has 0 aliphatic carbocycles. The van der Waals surface area contributed by atoms with Gasteiger partial charge in [0, 0.05) is 42.1 Å². The quantitative estimate of drug-likeness (QED) is 0.429. The summed E-state index contributed by atoms with van der Waals surface area (Å²) in [7, 11) is -3.88. The van der Waals surface area contributed by atoms with Crippen LogP contribution in [0.15, 0.2) is 84.0 Å². The van der Waals surface area contributed by atoms with Gasteiger partial charge in [-0.05, 0) is 67.8 Å². The molecule has 0 atom stereocenters. The van der Waals surface area contributed by atoms with Crippen molar-refractivity contribution >= 4 is 32.5 Å². The van der Waals surface area contributed by atoms with Crippen LogP contribution in [0, 0.1) is 6.92 Å². The van der Waals surface area contributed by atoms with E-state index in [4.69, 9.17) is 0 Å². The third-order valence-electron chi connectivity index (χ3n) is 6.60. The van der Waals surface area contributed by atoms with E-state index < -0.39 is 15.6 Å². The highest BCUT2D eigenvalue weighted by atomic mass is 32.2. The Morgan fingerprint density at radius 3 is 2.33 bits per heavy atom. The van der Waals surface area contributed by atoms with Crippen LogP contribution in [-0.4, -0.2) is 47.4 Å². The second-order valence-electron chi connectivity index (χ2n) is 9.01. The number of rotatable bonds is 5. The number of pyridine rings is 2. The minimum absolute atomic E-state index is 0.0877. The summed E-state index contributed by atoms with van der Waals surface area (Å²) in [5, 5.41) is 11.9. The van der Waals surface area contributed by atoms with Gasteiger partial charge in [-0.3, -0.25) is 19.5 Å². The first-order valence-corrected chi connectivity index (χ1v) is 13.2. The number of aliphatic hydroxyl groups is 1. The van der Waals surface area contributed by atoms with E-state index in [-0.39, 0.29) is 10.8 Å². The molecule has 0 unspecified atom stereocenters. The number of aromatic nitrogens is 2. The van der Waals surface area contributed by atoms with E-state index in [1.807, 2.05) is 19.1 Å². The molecular formula is C27H26N4O4S. The van der Waals surface area contributed by atoms with Crippen molar-refractivity contribution in [1.29, 1.82) is 0 Å². The van der Waals surface area contributed by atoms with Crippen molar-refractivity contribution in [3.8, 4) is 0 Å². The predicted octanol–water partition coefficient (Wildman–Crippen LogP) is 3.86. The minimum Gasteiger partial charge on any atom is -0.383 e. The molecule has 4 aromatic rings. The molecule has 9 heteroatoms. The number of benzene rings is 2. The van der Waals surface area contributed by atoms with Gasteiger partial charge in [-0.25, -0.2) is 8.42 Å². The summed E-state index contributed by atoms with van der Waals surface area (Å²) < 4.78 is 28.6. The topological polar surface area (TPSA) is 112 Å². The second-order valence-corrected chi connectivity index (χ2v) is 10.7. The molecule has 1 aliphatic heterocycles. The van der Waals surface area contributed by atoms with Gasteiger partial charge < -0.3 is 10.0 Å². The fraction of sp³-hybridized carbons (Fsp3) is 0.222. The molecule has 1 aliphatic rings. The number of likely N-dealkylation sites (tertiary alicyclic amines) is 1. The van der Waals surface area contributed by atoms with E-state index in [0.29, 0.717) is 48.4 Å². The first-order chi connectivity index (χ1) is 17.3. The maximum Gasteiger partial charge on any atom is 0.264 e. The Morgan fingerprint density at radius 1 is 0.944 bits per heavy atom. The molecule has 0 radical (unpaired) electrons. The van der Waals surface area contributed by atoms with E-state index >= 15 is 0 Å². The molecule has 0 saturated carbocycles. The molecule has 184 valence electrons. The molecule has 2 aromatic carbocycles. The highest BCUT2D eigenvalue weighted by Gasteiger charge is 2.37. The molecule has 1 amide bonds. The van der Waals surface area contributed by atoms with Gasteiger partial charge in [0.25, 0.3) is 15.9 Å². The SMILES string of the molecule is Cc1cccnc1C1(O)CCN(C(=O)c2ccc(NS(=O)(=O)c3cccc4cccnc34)cc2)CC1. The molecule has 1 saturated heterocycles. The summed E-state index contributed by atoms with van der Waals surface area (Å²) in [6.45, 7) is 2.71. The molecule has 2 N–H and O–H groups in total. The van der Waals surface area contributed by atoms with Gasteiger partial charge in [0.2, 0.25) is 0 Å². The number of carbonyl (C=O) groups excluding carboxylic acids is 1. The summed E-state index contributed by atoms with van der Waals surface area (Å²) in [5.74, 6) is -0.164. The zero-order chi connectivity index (χ0) is 25.3. The number of anilines is 1. The van der Waals surface area contributed by atoms with Crippen LogP contribution in [0.5, 0.6) is 0 Å². The summed E-state index contributed by atoms with van der Waals surface area (Å²) >= 11 is 0. The summed E-state index contributed by atoms with van der Waals surface area (Å²) in [6.07, 6.45) is 4.02. The number of fused-ring (bicyclic) bond motifs is 1. The van der Waals surface area contributed by atoms with Crippen molar-refractivity contribution in [3.63, 3.8) is 0 Å². The van der Waals surface area contributed by atoms with E-state index in [1.54, 1.807) is 65.8 Å². The van der Waals surface area contributed by atoms with E-state index in [0.717, 1.165) is 10.9 Å². The smallest absolute Gasteiger partial charge is 0.264 e. The lowest BCUT2D eigenvalue weighted by Crippen LogP contribution is -2.45. The number of nitrogens with one attached hydrogen (secondary N) is 1. The largest absolute Gasteiger partial charge is 0.383 e. The van der Waals surface area contributed by atoms with Gasteiger partial charge in [-0.1, -0.05) is 24.3 Å². The standard InChI is InChI=1S/C27H26N4O4S/c1-19-5-3-16-29-25(19)27(33)13-17-31(18-14-27)26(32)21-9-11-22(12-10-21)30-36(34,35)23-8-2-6-20-7-4-15-28-24(20)23/h2-12,15-16,30,33H,13-14,17-18H2,1H3. The summed E-state index contributed by atoms with van der Waals surface area (Å²) in [6, 6.07) is 18.7. The van der Waals surface area contributed by atoms with Crippen LogP contribution in [0.4, 0.5) is 5.69 Å². The van der Waals surface area contributed by atoms with E-state index in [9.17, 15) is 18.3 Å². The van der Waals surface area contributed by atoms with Crippen molar-refractivity contribution in [2.24, 2.45) is 0 Å². The monoisotopic (exact) mass is 502 g/mol. The molecule has 1 fully saturated rings. The van der Waals surface area contributed by atoms with Crippen molar-refractivity contribution in [2.45, 2.75) is 30.3 Å². The van der Waals surface area contributed by atoms with Gasteiger partial charge >= 0.3 is 0 Å². The third-order valence-corrected chi connectivity index (χ3v) is 8.01. The van der Waals surface area contributed by atoms with Gasteiger partial charge in [0.05, 0.1) is 11.2 Å². The molecule has 0 spiro atoms. The average Bonchev–Trinajstić information content (AvgIpc) is 2.89. The molecule has 5 rings (SSSR count). The zero-order valence-corrected chi connectivity index (χ0v) is 20.6. The summed E-state index contributed by atoms with van der Waals surface area (Å²) in [5.41, 5.74) is 1.72. The van der Waals surface area contributed by atoms with Gasteiger partial charge in [-0.15, -0.1) is 0 Å². The number of hydrogen-bond donors (Lipinski definition) is 2. The minimum atomic E-state index is -3.88. The van der Waals surface area contributed by atoms with Crippen molar-refractivity contribution in [2.75, 3.05) is 17.8 Å². The third kappa shape index (κ3) is 4.55. The van der Waals surface area contributed by atoms with Crippen LogP contribution in [-0.2, 0) is 15.6 Å². The van der Waals surface area contributed by atoms with Crippen LogP contribution in [0.25, 0.3) is 10.9 Å². The van der Waals surface area contributed by atoms with Crippen molar-refractivity contribution < 1.29 is 18.3 Å². The van der Waals surface area contributed by atoms with Gasteiger partial charge in [0.15, 0.2) is 0 Å². The number of para-hydroxylation sites is 1. The van der Waals surface area contributed by atoms with Crippen molar-refractivity contribution in [1.82, 2.24) is 14.9 Å². The number of aryl methyl sites for hydroxylation is 1. The Balaban J connectivity index is 1.27. The van der Waals surface area contributed by atoms with Gasteiger partial charge in [-0.2, -0.15) is 0 Å².